The van der Waals surface area contributed by atoms with E-state index < -0.39 is 0 Å². The lowest BCUT2D eigenvalue weighted by Crippen LogP contribution is -2.05. The standard InChI is InChI=1S/C22H19N3OS2/c1-13-9-10-17(14(2)11-13)18(26)12-27-22-20-21(28-15(3)23-20)19(24-25-22)16-7-5-4-6-8-16/h4-11H,12H2,1-3H3. The fourth-order valence-corrected chi connectivity index (χ4v) is 4.94. The summed E-state index contributed by atoms with van der Waals surface area (Å²) in [5.41, 5.74) is 5.61. The molecule has 0 atom stereocenters. The molecule has 0 radical (unpaired) electrons. The van der Waals surface area contributed by atoms with Gasteiger partial charge in [-0.3, -0.25) is 4.79 Å². The SMILES string of the molecule is Cc1ccc(C(=O)CSc2nnc(-c3ccccc3)c3sc(C)nc23)c(C)c1. The number of Topliss-reactive ketones (excluding diaryl/α,β-unsaturated/α-hetero) is 1. The summed E-state index contributed by atoms with van der Waals surface area (Å²) in [6.07, 6.45) is 0. The van der Waals surface area contributed by atoms with Gasteiger partial charge < -0.3 is 0 Å². The van der Waals surface area contributed by atoms with Gasteiger partial charge in [-0.05, 0) is 26.3 Å². The lowest BCUT2D eigenvalue weighted by atomic mass is 10.0. The number of thiazole rings is 1. The van der Waals surface area contributed by atoms with Crippen LogP contribution in [0.3, 0.4) is 0 Å². The average Bonchev–Trinajstić information content (AvgIpc) is 3.08. The molecular formula is C22H19N3OS2. The van der Waals surface area contributed by atoms with Crippen molar-refractivity contribution >= 4 is 39.1 Å². The van der Waals surface area contributed by atoms with Gasteiger partial charge in [-0.25, -0.2) is 4.98 Å². The fourth-order valence-electron chi connectivity index (χ4n) is 3.14. The molecule has 0 spiro atoms. The van der Waals surface area contributed by atoms with Crippen LogP contribution in [0, 0.1) is 20.8 Å². The van der Waals surface area contributed by atoms with E-state index in [9.17, 15) is 4.79 Å². The molecule has 2 heterocycles. The van der Waals surface area contributed by atoms with Crippen molar-refractivity contribution in [2.45, 2.75) is 25.8 Å². The number of thioether (sulfide) groups is 1. The Morgan fingerprint density at radius 3 is 2.57 bits per heavy atom. The summed E-state index contributed by atoms with van der Waals surface area (Å²) in [5, 5.41) is 10.5. The highest BCUT2D eigenvalue weighted by atomic mass is 32.2. The number of rotatable bonds is 5. The summed E-state index contributed by atoms with van der Waals surface area (Å²) in [6, 6.07) is 15.9. The maximum Gasteiger partial charge on any atom is 0.173 e. The van der Waals surface area contributed by atoms with Crippen LogP contribution >= 0.6 is 23.1 Å². The van der Waals surface area contributed by atoms with Crippen LogP contribution in [0.15, 0.2) is 53.6 Å². The topological polar surface area (TPSA) is 55.7 Å². The second-order valence-electron chi connectivity index (χ2n) is 6.66. The molecule has 2 aromatic heterocycles. The van der Waals surface area contributed by atoms with Crippen LogP contribution in [0.4, 0.5) is 0 Å². The van der Waals surface area contributed by atoms with Crippen LogP contribution in [0.2, 0.25) is 0 Å². The Kier molecular flexibility index (Phi) is 5.24. The number of nitrogens with zero attached hydrogens (tertiary/aromatic N) is 3. The molecule has 2 aromatic carbocycles. The molecule has 0 saturated carbocycles. The third kappa shape index (κ3) is 3.70. The average molecular weight is 406 g/mol. The number of ketones is 1. The summed E-state index contributed by atoms with van der Waals surface area (Å²) in [4.78, 5) is 17.4. The molecular weight excluding hydrogens is 386 g/mol. The van der Waals surface area contributed by atoms with Crippen molar-refractivity contribution in [1.82, 2.24) is 15.2 Å². The predicted octanol–water partition coefficient (Wildman–Crippen LogP) is 5.65. The van der Waals surface area contributed by atoms with Gasteiger partial charge >= 0.3 is 0 Å². The summed E-state index contributed by atoms with van der Waals surface area (Å²) in [6.45, 7) is 5.98. The summed E-state index contributed by atoms with van der Waals surface area (Å²) < 4.78 is 1.01. The highest BCUT2D eigenvalue weighted by Gasteiger charge is 2.17. The van der Waals surface area contributed by atoms with E-state index in [0.717, 1.165) is 43.2 Å². The Balaban J connectivity index is 1.64. The number of carbonyl (C=O) groups excluding carboxylic acids is 1. The second-order valence-corrected chi connectivity index (χ2v) is 8.83. The first-order valence-electron chi connectivity index (χ1n) is 8.95. The van der Waals surface area contributed by atoms with Crippen molar-refractivity contribution < 1.29 is 4.79 Å². The predicted molar refractivity (Wildman–Crippen MR) is 116 cm³/mol. The molecule has 0 aliphatic carbocycles. The molecule has 4 rings (SSSR count). The Morgan fingerprint density at radius 1 is 1.04 bits per heavy atom. The Morgan fingerprint density at radius 2 is 1.82 bits per heavy atom. The monoisotopic (exact) mass is 405 g/mol. The number of carbonyl (C=O) groups is 1. The molecule has 0 saturated heterocycles. The van der Waals surface area contributed by atoms with Gasteiger partial charge in [-0.2, -0.15) is 0 Å². The minimum atomic E-state index is 0.0940. The van der Waals surface area contributed by atoms with E-state index in [-0.39, 0.29) is 5.78 Å². The highest BCUT2D eigenvalue weighted by molar-refractivity contribution is 8.00. The van der Waals surface area contributed by atoms with Crippen molar-refractivity contribution in [1.29, 1.82) is 0 Å². The van der Waals surface area contributed by atoms with Gasteiger partial charge in [0.25, 0.3) is 0 Å². The van der Waals surface area contributed by atoms with E-state index in [1.165, 1.54) is 11.8 Å². The second kappa shape index (κ2) is 7.81. The number of hydrogen-bond donors (Lipinski definition) is 0. The molecule has 0 aliphatic rings. The van der Waals surface area contributed by atoms with Gasteiger partial charge in [-0.1, -0.05) is 65.9 Å². The van der Waals surface area contributed by atoms with Crippen molar-refractivity contribution in [3.8, 4) is 11.3 Å². The minimum absolute atomic E-state index is 0.0940. The number of aromatic nitrogens is 3. The summed E-state index contributed by atoms with van der Waals surface area (Å²) >= 11 is 3.01. The molecule has 0 fully saturated rings. The number of hydrogen-bond acceptors (Lipinski definition) is 6. The van der Waals surface area contributed by atoms with Crippen molar-refractivity contribution in [2.24, 2.45) is 0 Å². The van der Waals surface area contributed by atoms with Crippen molar-refractivity contribution in [3.63, 3.8) is 0 Å². The number of fused-ring (bicyclic) bond motifs is 1. The van der Waals surface area contributed by atoms with Crippen molar-refractivity contribution in [3.05, 3.63) is 70.2 Å². The molecule has 4 nitrogen and oxygen atoms in total. The highest BCUT2D eigenvalue weighted by Crippen LogP contribution is 2.35. The van der Waals surface area contributed by atoms with E-state index in [1.807, 2.05) is 69.3 Å². The smallest absolute Gasteiger partial charge is 0.173 e. The molecule has 6 heteroatoms. The van der Waals surface area contributed by atoms with Gasteiger partial charge in [-0.15, -0.1) is 21.5 Å². The van der Waals surface area contributed by atoms with Crippen LogP contribution in [-0.4, -0.2) is 26.7 Å². The van der Waals surface area contributed by atoms with E-state index in [1.54, 1.807) is 11.3 Å². The summed E-state index contributed by atoms with van der Waals surface area (Å²) in [5.74, 6) is 0.408. The zero-order chi connectivity index (χ0) is 19.7. The largest absolute Gasteiger partial charge is 0.293 e. The van der Waals surface area contributed by atoms with E-state index in [2.05, 4.69) is 15.2 Å². The maximum atomic E-state index is 12.7. The number of benzene rings is 2. The van der Waals surface area contributed by atoms with Crippen LogP contribution in [0.25, 0.3) is 21.5 Å². The first kappa shape index (κ1) is 18.8. The Hall–Kier alpha value is -2.57. The van der Waals surface area contributed by atoms with Crippen LogP contribution in [0.5, 0.6) is 0 Å². The first-order valence-corrected chi connectivity index (χ1v) is 10.8. The third-order valence-electron chi connectivity index (χ3n) is 4.46. The summed E-state index contributed by atoms with van der Waals surface area (Å²) in [7, 11) is 0. The zero-order valence-corrected chi connectivity index (χ0v) is 17.5. The normalized spacial score (nSPS) is 11.1. The van der Waals surface area contributed by atoms with Gasteiger partial charge in [0.15, 0.2) is 5.78 Å². The van der Waals surface area contributed by atoms with Gasteiger partial charge in [0.05, 0.1) is 15.5 Å². The van der Waals surface area contributed by atoms with Crippen LogP contribution in [0.1, 0.15) is 26.5 Å². The third-order valence-corrected chi connectivity index (χ3v) is 6.39. The lowest BCUT2D eigenvalue weighted by Gasteiger charge is -2.07. The van der Waals surface area contributed by atoms with Gasteiger partial charge in [0, 0.05) is 11.1 Å². The fraction of sp³-hybridized carbons (Fsp3) is 0.182. The molecule has 0 amide bonds. The molecule has 28 heavy (non-hydrogen) atoms. The van der Waals surface area contributed by atoms with Gasteiger partial charge in [0.2, 0.25) is 0 Å². The molecule has 0 aliphatic heterocycles. The molecule has 4 aromatic rings. The Bertz CT molecular complexity index is 1170. The maximum absolute atomic E-state index is 12.7. The van der Waals surface area contributed by atoms with Crippen LogP contribution in [-0.2, 0) is 0 Å². The van der Waals surface area contributed by atoms with E-state index >= 15 is 0 Å². The zero-order valence-electron chi connectivity index (χ0n) is 15.9. The quantitative estimate of drug-likeness (QED) is 0.317. The first-order chi connectivity index (χ1) is 13.5. The van der Waals surface area contributed by atoms with Crippen molar-refractivity contribution in [2.75, 3.05) is 5.75 Å². The minimum Gasteiger partial charge on any atom is -0.293 e. The van der Waals surface area contributed by atoms with Gasteiger partial charge in [0.1, 0.15) is 16.2 Å². The molecule has 0 bridgehead atoms. The molecule has 0 unspecified atom stereocenters. The lowest BCUT2D eigenvalue weighted by molar-refractivity contribution is 0.102. The van der Waals surface area contributed by atoms with E-state index in [0.29, 0.717) is 10.8 Å². The molecule has 0 N–H and O–H groups in total. The Labute approximate surface area is 172 Å². The number of aryl methyl sites for hydroxylation is 3. The molecule has 140 valence electrons. The van der Waals surface area contributed by atoms with E-state index in [4.69, 9.17) is 0 Å². The van der Waals surface area contributed by atoms with Crippen LogP contribution < -0.4 is 0 Å².